The third-order valence-corrected chi connectivity index (χ3v) is 4.22. The lowest BCUT2D eigenvalue weighted by atomic mass is 9.81. The van der Waals surface area contributed by atoms with Crippen molar-refractivity contribution in [1.82, 2.24) is 14.7 Å². The summed E-state index contributed by atoms with van der Waals surface area (Å²) < 4.78 is 1.71. The minimum absolute atomic E-state index is 0.0514. The van der Waals surface area contributed by atoms with Crippen molar-refractivity contribution in [3.05, 3.63) is 16.9 Å². The van der Waals surface area contributed by atoms with E-state index in [0.717, 1.165) is 32.2 Å². The molecule has 0 radical (unpaired) electrons. The molecule has 1 aromatic rings. The minimum Gasteiger partial charge on any atom is -0.327 e. The Hall–Kier alpha value is -0.910. The molecular formula is C14H23ClN4O. The van der Waals surface area contributed by atoms with E-state index in [0.29, 0.717) is 17.3 Å². The van der Waals surface area contributed by atoms with Crippen molar-refractivity contribution >= 4 is 17.4 Å². The van der Waals surface area contributed by atoms with E-state index in [-0.39, 0.29) is 17.7 Å². The minimum atomic E-state index is -0.115. The summed E-state index contributed by atoms with van der Waals surface area (Å²) in [7, 11) is 3.98. The molecule has 6 heteroatoms. The quantitative estimate of drug-likeness (QED) is 0.842. The van der Waals surface area contributed by atoms with E-state index in [2.05, 4.69) is 10.00 Å². The van der Waals surface area contributed by atoms with E-state index in [4.69, 9.17) is 17.3 Å². The first kappa shape index (κ1) is 15.5. The summed E-state index contributed by atoms with van der Waals surface area (Å²) in [5.41, 5.74) is 6.63. The molecule has 2 rings (SSSR count). The van der Waals surface area contributed by atoms with Gasteiger partial charge in [-0.1, -0.05) is 24.4 Å². The second-order valence-electron chi connectivity index (χ2n) is 5.79. The predicted molar refractivity (Wildman–Crippen MR) is 80.1 cm³/mol. The van der Waals surface area contributed by atoms with Crippen LogP contribution in [0, 0.1) is 5.92 Å². The summed E-state index contributed by atoms with van der Waals surface area (Å²) in [6, 6.07) is -0.0514. The topological polar surface area (TPSA) is 64.2 Å². The standard InChI is InChI=1S/C14H23ClN4O/c1-18(2)7-8-19-13(11(15)9-17-19)14(20)10-5-3-4-6-12(10)16/h9-10,12H,3-8,16H2,1-2H3. The molecule has 0 spiro atoms. The van der Waals surface area contributed by atoms with Gasteiger partial charge in [0.25, 0.3) is 0 Å². The van der Waals surface area contributed by atoms with Gasteiger partial charge in [0.15, 0.2) is 5.78 Å². The number of halogens is 1. The first-order valence-electron chi connectivity index (χ1n) is 7.16. The zero-order chi connectivity index (χ0) is 14.7. The Balaban J connectivity index is 2.18. The number of likely N-dealkylation sites (N-methyl/N-ethyl adjacent to an activating group) is 1. The van der Waals surface area contributed by atoms with Crippen LogP contribution in [0.25, 0.3) is 0 Å². The van der Waals surface area contributed by atoms with Crippen molar-refractivity contribution in [1.29, 1.82) is 0 Å². The number of rotatable bonds is 5. The number of Topliss-reactive ketones (excluding diaryl/α,β-unsaturated/α-hetero) is 1. The zero-order valence-electron chi connectivity index (χ0n) is 12.2. The van der Waals surface area contributed by atoms with Crippen LogP contribution in [0.1, 0.15) is 36.2 Å². The van der Waals surface area contributed by atoms with E-state index in [1.54, 1.807) is 10.9 Å². The number of hydrogen-bond donors (Lipinski definition) is 1. The molecule has 112 valence electrons. The van der Waals surface area contributed by atoms with Crippen molar-refractivity contribution in [2.24, 2.45) is 11.7 Å². The molecule has 20 heavy (non-hydrogen) atoms. The Bertz CT molecular complexity index is 472. The van der Waals surface area contributed by atoms with Crippen LogP contribution in [0.3, 0.4) is 0 Å². The number of nitrogens with zero attached hydrogens (tertiary/aromatic N) is 3. The lowest BCUT2D eigenvalue weighted by molar-refractivity contribution is 0.0859. The summed E-state index contributed by atoms with van der Waals surface area (Å²) in [5.74, 6) is -0.0606. The Kier molecular flexibility index (Phi) is 5.18. The van der Waals surface area contributed by atoms with Gasteiger partial charge in [-0.25, -0.2) is 0 Å². The van der Waals surface area contributed by atoms with E-state index < -0.39 is 0 Å². The van der Waals surface area contributed by atoms with E-state index in [9.17, 15) is 4.79 Å². The van der Waals surface area contributed by atoms with Crippen LogP contribution in [-0.2, 0) is 6.54 Å². The molecule has 1 aromatic heterocycles. The second kappa shape index (κ2) is 6.70. The fourth-order valence-corrected chi connectivity index (χ4v) is 2.97. The highest BCUT2D eigenvalue weighted by Gasteiger charge is 2.32. The highest BCUT2D eigenvalue weighted by Crippen LogP contribution is 2.28. The smallest absolute Gasteiger partial charge is 0.187 e. The lowest BCUT2D eigenvalue weighted by Crippen LogP contribution is -2.39. The normalized spacial score (nSPS) is 23.2. The van der Waals surface area contributed by atoms with Gasteiger partial charge in [-0.05, 0) is 26.9 Å². The van der Waals surface area contributed by atoms with Crippen LogP contribution < -0.4 is 5.73 Å². The van der Waals surface area contributed by atoms with Gasteiger partial charge in [0, 0.05) is 18.5 Å². The van der Waals surface area contributed by atoms with Crippen LogP contribution in [0.4, 0.5) is 0 Å². The SMILES string of the molecule is CN(C)CCn1ncc(Cl)c1C(=O)C1CCCCC1N. The maximum Gasteiger partial charge on any atom is 0.187 e. The fraction of sp³-hybridized carbons (Fsp3) is 0.714. The molecule has 2 atom stereocenters. The summed E-state index contributed by atoms with van der Waals surface area (Å²) >= 11 is 6.16. The Labute approximate surface area is 125 Å². The molecule has 0 bridgehead atoms. The molecule has 2 N–H and O–H groups in total. The molecule has 0 aliphatic heterocycles. The molecule has 1 heterocycles. The maximum absolute atomic E-state index is 12.7. The van der Waals surface area contributed by atoms with Gasteiger partial charge in [0.05, 0.1) is 17.8 Å². The Morgan fingerprint density at radius 1 is 1.50 bits per heavy atom. The van der Waals surface area contributed by atoms with Gasteiger partial charge in [-0.15, -0.1) is 0 Å². The lowest BCUT2D eigenvalue weighted by Gasteiger charge is -2.27. The molecule has 2 unspecified atom stereocenters. The van der Waals surface area contributed by atoms with Gasteiger partial charge < -0.3 is 10.6 Å². The molecule has 1 saturated carbocycles. The molecule has 1 aliphatic carbocycles. The first-order chi connectivity index (χ1) is 9.50. The van der Waals surface area contributed by atoms with E-state index >= 15 is 0 Å². The molecule has 0 aromatic carbocycles. The molecule has 1 aliphatic rings. The van der Waals surface area contributed by atoms with Crippen LogP contribution in [-0.4, -0.2) is 47.1 Å². The molecule has 0 saturated heterocycles. The summed E-state index contributed by atoms with van der Waals surface area (Å²) in [6.45, 7) is 1.47. The molecular weight excluding hydrogens is 276 g/mol. The number of ketones is 1. The number of hydrogen-bond acceptors (Lipinski definition) is 4. The molecule has 0 amide bonds. The molecule has 1 fully saturated rings. The summed E-state index contributed by atoms with van der Waals surface area (Å²) in [4.78, 5) is 14.8. The van der Waals surface area contributed by atoms with Crippen LogP contribution in [0.15, 0.2) is 6.20 Å². The van der Waals surface area contributed by atoms with Crippen molar-refractivity contribution in [3.8, 4) is 0 Å². The third-order valence-electron chi connectivity index (χ3n) is 3.94. The van der Waals surface area contributed by atoms with Crippen LogP contribution in [0.2, 0.25) is 5.02 Å². The number of carbonyl (C=O) groups is 1. The molecule has 5 nitrogen and oxygen atoms in total. The average Bonchev–Trinajstić information content (AvgIpc) is 2.77. The Morgan fingerprint density at radius 3 is 2.85 bits per heavy atom. The number of aromatic nitrogens is 2. The van der Waals surface area contributed by atoms with E-state index in [1.165, 1.54) is 0 Å². The monoisotopic (exact) mass is 298 g/mol. The largest absolute Gasteiger partial charge is 0.327 e. The predicted octanol–water partition coefficient (Wildman–Crippen LogP) is 1.80. The number of carbonyl (C=O) groups excluding carboxylic acids is 1. The van der Waals surface area contributed by atoms with E-state index in [1.807, 2.05) is 14.1 Å². The highest BCUT2D eigenvalue weighted by molar-refractivity contribution is 6.33. The zero-order valence-corrected chi connectivity index (χ0v) is 12.9. The average molecular weight is 299 g/mol. The van der Waals surface area contributed by atoms with Crippen LogP contribution >= 0.6 is 11.6 Å². The van der Waals surface area contributed by atoms with Crippen LogP contribution in [0.5, 0.6) is 0 Å². The van der Waals surface area contributed by atoms with Crippen molar-refractivity contribution in [3.63, 3.8) is 0 Å². The van der Waals surface area contributed by atoms with Crippen molar-refractivity contribution in [2.75, 3.05) is 20.6 Å². The first-order valence-corrected chi connectivity index (χ1v) is 7.54. The third kappa shape index (κ3) is 3.40. The van der Waals surface area contributed by atoms with Gasteiger partial charge >= 0.3 is 0 Å². The fourth-order valence-electron chi connectivity index (χ4n) is 2.73. The van der Waals surface area contributed by atoms with Crippen molar-refractivity contribution in [2.45, 2.75) is 38.3 Å². The highest BCUT2D eigenvalue weighted by atomic mass is 35.5. The van der Waals surface area contributed by atoms with Gasteiger partial charge in [-0.3, -0.25) is 9.48 Å². The second-order valence-corrected chi connectivity index (χ2v) is 6.19. The van der Waals surface area contributed by atoms with Gasteiger partial charge in [0.2, 0.25) is 0 Å². The van der Waals surface area contributed by atoms with Crippen molar-refractivity contribution < 1.29 is 4.79 Å². The Morgan fingerprint density at radius 2 is 2.20 bits per heavy atom. The maximum atomic E-state index is 12.7. The van der Waals surface area contributed by atoms with Gasteiger partial charge in [-0.2, -0.15) is 5.10 Å². The summed E-state index contributed by atoms with van der Waals surface area (Å²) in [6.07, 6.45) is 5.50. The van der Waals surface area contributed by atoms with Gasteiger partial charge in [0.1, 0.15) is 5.69 Å². The summed E-state index contributed by atoms with van der Waals surface area (Å²) in [5, 5.41) is 4.66. The number of nitrogens with two attached hydrogens (primary N) is 1.